The van der Waals surface area contributed by atoms with Gasteiger partial charge in [0.25, 0.3) is 5.91 Å². The topological polar surface area (TPSA) is 64.1 Å². The molecule has 0 saturated carbocycles. The van der Waals surface area contributed by atoms with Crippen molar-refractivity contribution in [2.75, 3.05) is 6.61 Å². The molecule has 2 aromatic rings. The number of pyridine rings is 2. The molecule has 0 unspecified atom stereocenters. The third-order valence-corrected chi connectivity index (χ3v) is 2.54. The van der Waals surface area contributed by atoms with E-state index in [4.69, 9.17) is 0 Å². The number of rotatable bonds is 5. The Hall–Kier alpha value is -2.64. The minimum absolute atomic E-state index is 0.0670. The summed E-state index contributed by atoms with van der Waals surface area (Å²) in [4.78, 5) is 19.7. The van der Waals surface area contributed by atoms with Crippen LogP contribution in [0.5, 0.6) is 5.88 Å². The molecule has 0 atom stereocenters. The van der Waals surface area contributed by atoms with Crippen molar-refractivity contribution in [2.24, 2.45) is 0 Å². The first kappa shape index (κ1) is 15.7. The number of carbonyl (C=O) groups is 1. The van der Waals surface area contributed by atoms with Crippen LogP contribution in [0.15, 0.2) is 42.7 Å². The SMILES string of the molecule is O=C(NCc1ccccn1)c1cccnc1OCC(F)(F)F. The lowest BCUT2D eigenvalue weighted by molar-refractivity contribution is -0.154. The van der Waals surface area contributed by atoms with Crippen molar-refractivity contribution in [1.29, 1.82) is 0 Å². The molecule has 1 amide bonds. The Balaban J connectivity index is 2.03. The molecular weight excluding hydrogens is 299 g/mol. The first-order chi connectivity index (χ1) is 10.5. The molecule has 2 rings (SSSR count). The molecule has 2 heterocycles. The summed E-state index contributed by atoms with van der Waals surface area (Å²) in [6.07, 6.45) is -1.68. The summed E-state index contributed by atoms with van der Waals surface area (Å²) < 4.78 is 41.1. The maximum absolute atomic E-state index is 12.2. The molecule has 0 radical (unpaired) electrons. The number of hydrogen-bond acceptors (Lipinski definition) is 4. The van der Waals surface area contributed by atoms with Gasteiger partial charge in [-0.25, -0.2) is 4.98 Å². The molecule has 0 fully saturated rings. The van der Waals surface area contributed by atoms with Gasteiger partial charge < -0.3 is 10.1 Å². The molecule has 0 aliphatic carbocycles. The van der Waals surface area contributed by atoms with E-state index in [0.29, 0.717) is 5.69 Å². The molecule has 22 heavy (non-hydrogen) atoms. The van der Waals surface area contributed by atoms with Crippen molar-refractivity contribution in [3.63, 3.8) is 0 Å². The van der Waals surface area contributed by atoms with Crippen LogP contribution < -0.4 is 10.1 Å². The van der Waals surface area contributed by atoms with E-state index >= 15 is 0 Å². The summed E-state index contributed by atoms with van der Waals surface area (Å²) in [5.41, 5.74) is 0.556. The Morgan fingerprint density at radius 3 is 2.59 bits per heavy atom. The lowest BCUT2D eigenvalue weighted by Crippen LogP contribution is -2.26. The Kier molecular flexibility index (Phi) is 4.92. The average Bonchev–Trinajstić information content (AvgIpc) is 2.51. The van der Waals surface area contributed by atoms with Crippen LogP contribution >= 0.6 is 0 Å². The van der Waals surface area contributed by atoms with Gasteiger partial charge in [0.1, 0.15) is 5.56 Å². The summed E-state index contributed by atoms with van der Waals surface area (Å²) in [6, 6.07) is 7.99. The van der Waals surface area contributed by atoms with E-state index in [0.717, 1.165) is 0 Å². The number of halogens is 3. The lowest BCUT2D eigenvalue weighted by Gasteiger charge is -2.11. The van der Waals surface area contributed by atoms with Crippen molar-refractivity contribution in [1.82, 2.24) is 15.3 Å². The van der Waals surface area contributed by atoms with Gasteiger partial charge in [-0.15, -0.1) is 0 Å². The van der Waals surface area contributed by atoms with E-state index in [1.165, 1.54) is 18.3 Å². The predicted octanol–water partition coefficient (Wildman–Crippen LogP) is 2.35. The summed E-state index contributed by atoms with van der Waals surface area (Å²) in [5, 5.41) is 2.55. The number of carbonyl (C=O) groups excluding carboxylic acids is 1. The minimum Gasteiger partial charge on any atom is -0.467 e. The third-order valence-electron chi connectivity index (χ3n) is 2.54. The lowest BCUT2D eigenvalue weighted by atomic mass is 10.2. The summed E-state index contributed by atoms with van der Waals surface area (Å²) in [7, 11) is 0. The Labute approximate surface area is 124 Å². The molecule has 1 N–H and O–H groups in total. The molecule has 0 saturated heterocycles. The van der Waals surface area contributed by atoms with Gasteiger partial charge in [-0.2, -0.15) is 13.2 Å². The number of ether oxygens (including phenoxy) is 1. The van der Waals surface area contributed by atoms with Crippen molar-refractivity contribution in [3.05, 3.63) is 54.0 Å². The Morgan fingerprint density at radius 2 is 1.91 bits per heavy atom. The van der Waals surface area contributed by atoms with E-state index < -0.39 is 18.7 Å². The number of nitrogens with zero attached hydrogens (tertiary/aromatic N) is 2. The summed E-state index contributed by atoms with van der Waals surface area (Å²) in [6.45, 7) is -1.36. The quantitative estimate of drug-likeness (QED) is 0.920. The molecule has 0 bridgehead atoms. The zero-order valence-electron chi connectivity index (χ0n) is 11.3. The van der Waals surface area contributed by atoms with Gasteiger partial charge in [0.15, 0.2) is 6.61 Å². The third kappa shape index (κ3) is 4.72. The van der Waals surface area contributed by atoms with Crippen molar-refractivity contribution in [3.8, 4) is 5.88 Å². The van der Waals surface area contributed by atoms with Gasteiger partial charge in [-0.3, -0.25) is 9.78 Å². The van der Waals surface area contributed by atoms with Crippen LogP contribution in [0.25, 0.3) is 0 Å². The normalized spacial score (nSPS) is 11.0. The van der Waals surface area contributed by atoms with Crippen molar-refractivity contribution >= 4 is 5.91 Å². The molecule has 0 aromatic carbocycles. The predicted molar refractivity (Wildman–Crippen MR) is 71.2 cm³/mol. The highest BCUT2D eigenvalue weighted by Gasteiger charge is 2.29. The van der Waals surface area contributed by atoms with Crippen LogP contribution in [0.2, 0.25) is 0 Å². The standard InChI is InChI=1S/C14H12F3N3O2/c15-14(16,17)9-22-13-11(5-3-7-19-13)12(21)20-8-10-4-1-2-6-18-10/h1-7H,8-9H2,(H,20,21). The van der Waals surface area contributed by atoms with E-state index in [-0.39, 0.29) is 18.0 Å². The highest BCUT2D eigenvalue weighted by molar-refractivity contribution is 5.96. The zero-order valence-corrected chi connectivity index (χ0v) is 11.3. The first-order valence-corrected chi connectivity index (χ1v) is 6.28. The second-order valence-electron chi connectivity index (χ2n) is 4.26. The smallest absolute Gasteiger partial charge is 0.422 e. The maximum Gasteiger partial charge on any atom is 0.422 e. The van der Waals surface area contributed by atoms with E-state index in [2.05, 4.69) is 20.0 Å². The van der Waals surface area contributed by atoms with Crippen LogP contribution in [0.1, 0.15) is 16.1 Å². The number of aromatic nitrogens is 2. The van der Waals surface area contributed by atoms with E-state index in [9.17, 15) is 18.0 Å². The number of amides is 1. The Morgan fingerprint density at radius 1 is 1.14 bits per heavy atom. The molecule has 116 valence electrons. The second-order valence-corrected chi connectivity index (χ2v) is 4.26. The molecule has 8 heteroatoms. The van der Waals surface area contributed by atoms with E-state index in [1.807, 2.05) is 0 Å². The molecule has 2 aromatic heterocycles. The summed E-state index contributed by atoms with van der Waals surface area (Å²) >= 11 is 0. The Bertz CT molecular complexity index is 633. The fraction of sp³-hybridized carbons (Fsp3) is 0.214. The van der Waals surface area contributed by atoms with Gasteiger partial charge in [0.2, 0.25) is 5.88 Å². The van der Waals surface area contributed by atoms with Gasteiger partial charge >= 0.3 is 6.18 Å². The van der Waals surface area contributed by atoms with E-state index in [1.54, 1.807) is 24.4 Å². The second kappa shape index (κ2) is 6.88. The number of hydrogen-bond donors (Lipinski definition) is 1. The molecule has 0 spiro atoms. The van der Waals surface area contributed by atoms with Crippen molar-refractivity contribution in [2.45, 2.75) is 12.7 Å². The van der Waals surface area contributed by atoms with Crippen molar-refractivity contribution < 1.29 is 22.7 Å². The van der Waals surface area contributed by atoms with Crippen LogP contribution in [-0.4, -0.2) is 28.7 Å². The van der Waals surface area contributed by atoms with Gasteiger partial charge in [-0.1, -0.05) is 6.07 Å². The molecule has 0 aliphatic heterocycles. The van der Waals surface area contributed by atoms with Gasteiger partial charge in [0, 0.05) is 12.4 Å². The molecule has 0 aliphatic rings. The fourth-order valence-electron chi connectivity index (χ4n) is 1.60. The summed E-state index contributed by atoms with van der Waals surface area (Å²) in [5.74, 6) is -0.950. The van der Waals surface area contributed by atoms with Gasteiger partial charge in [0.05, 0.1) is 12.2 Å². The van der Waals surface area contributed by atoms with Crippen LogP contribution in [0.3, 0.4) is 0 Å². The number of alkyl halides is 3. The average molecular weight is 311 g/mol. The highest BCUT2D eigenvalue weighted by atomic mass is 19.4. The fourth-order valence-corrected chi connectivity index (χ4v) is 1.60. The number of nitrogens with one attached hydrogen (secondary N) is 1. The first-order valence-electron chi connectivity index (χ1n) is 6.28. The van der Waals surface area contributed by atoms with Crippen LogP contribution in [0, 0.1) is 0 Å². The highest BCUT2D eigenvalue weighted by Crippen LogP contribution is 2.19. The zero-order chi connectivity index (χ0) is 16.0. The maximum atomic E-state index is 12.2. The minimum atomic E-state index is -4.50. The van der Waals surface area contributed by atoms with Crippen LogP contribution in [0.4, 0.5) is 13.2 Å². The molecular formula is C14H12F3N3O2. The largest absolute Gasteiger partial charge is 0.467 e. The molecule has 5 nitrogen and oxygen atoms in total. The van der Waals surface area contributed by atoms with Gasteiger partial charge in [-0.05, 0) is 24.3 Å². The van der Waals surface area contributed by atoms with Crippen LogP contribution in [-0.2, 0) is 6.54 Å². The monoisotopic (exact) mass is 311 g/mol.